The van der Waals surface area contributed by atoms with Gasteiger partial charge in [-0.2, -0.15) is 0 Å². The minimum atomic E-state index is 0.112. The molecule has 3 aliphatic rings. The Bertz CT molecular complexity index is 176. The van der Waals surface area contributed by atoms with Crippen LogP contribution in [0.4, 0.5) is 0 Å². The minimum Gasteiger partial charge on any atom is -0.375 e. The quantitative estimate of drug-likeness (QED) is 0.590. The predicted molar refractivity (Wildman–Crippen MR) is 44.7 cm³/mol. The molecule has 1 radical (unpaired) electrons. The van der Waals surface area contributed by atoms with Gasteiger partial charge in [-0.15, -0.1) is 0 Å². The van der Waals surface area contributed by atoms with Gasteiger partial charge in [0.25, 0.3) is 0 Å². The Morgan fingerprint density at radius 3 is 2.92 bits per heavy atom. The van der Waals surface area contributed by atoms with E-state index in [1.54, 1.807) is 0 Å². The van der Waals surface area contributed by atoms with Crippen molar-refractivity contribution in [3.8, 4) is 0 Å². The van der Waals surface area contributed by atoms with Crippen LogP contribution in [0.1, 0.15) is 25.7 Å². The van der Waals surface area contributed by atoms with Crippen LogP contribution in [0.2, 0.25) is 0 Å². The van der Waals surface area contributed by atoms with Crippen molar-refractivity contribution in [3.63, 3.8) is 0 Å². The number of hydrogen-bond donors (Lipinski definition) is 0. The molecule has 2 heterocycles. The standard InChI is InChI=1S/C10H15O2/c1-2-9(11-5-1)10-4-3-8(6-10)7-12-10/h3,8-9H,1-2,4-7H2. The van der Waals surface area contributed by atoms with E-state index in [0.717, 1.165) is 25.6 Å². The fourth-order valence-corrected chi connectivity index (χ4v) is 2.84. The minimum absolute atomic E-state index is 0.112. The zero-order valence-corrected chi connectivity index (χ0v) is 7.29. The molecule has 0 aromatic heterocycles. The van der Waals surface area contributed by atoms with Gasteiger partial charge in [-0.05, 0) is 38.0 Å². The van der Waals surface area contributed by atoms with E-state index in [2.05, 4.69) is 6.42 Å². The van der Waals surface area contributed by atoms with Gasteiger partial charge in [0.1, 0.15) is 0 Å². The smallest absolute Gasteiger partial charge is 0.0949 e. The Kier molecular flexibility index (Phi) is 1.50. The topological polar surface area (TPSA) is 18.5 Å². The Balaban J connectivity index is 1.80. The second kappa shape index (κ2) is 2.46. The Morgan fingerprint density at radius 2 is 2.42 bits per heavy atom. The average Bonchev–Trinajstić information content (AvgIpc) is 2.82. The van der Waals surface area contributed by atoms with E-state index in [0.29, 0.717) is 6.10 Å². The first-order valence-corrected chi connectivity index (χ1v) is 4.98. The Hall–Kier alpha value is -0.0800. The number of hydrogen-bond acceptors (Lipinski definition) is 2. The van der Waals surface area contributed by atoms with Gasteiger partial charge >= 0.3 is 0 Å². The first kappa shape index (κ1) is 7.34. The molecule has 0 amide bonds. The summed E-state index contributed by atoms with van der Waals surface area (Å²) in [5, 5.41) is 0. The van der Waals surface area contributed by atoms with Crippen molar-refractivity contribution in [1.29, 1.82) is 0 Å². The zero-order chi connectivity index (χ0) is 8.02. The third-order valence-electron chi connectivity index (χ3n) is 3.51. The maximum absolute atomic E-state index is 5.87. The van der Waals surface area contributed by atoms with E-state index < -0.39 is 0 Å². The average molecular weight is 167 g/mol. The molecule has 2 bridgehead atoms. The van der Waals surface area contributed by atoms with Gasteiger partial charge in [-0.3, -0.25) is 0 Å². The van der Waals surface area contributed by atoms with E-state index in [1.165, 1.54) is 19.3 Å². The summed E-state index contributed by atoms with van der Waals surface area (Å²) in [7, 11) is 0. The van der Waals surface area contributed by atoms with Crippen LogP contribution < -0.4 is 0 Å². The SMILES string of the molecule is [CH]1CC2(C3CCCO3)CC1CO2. The monoisotopic (exact) mass is 167 g/mol. The van der Waals surface area contributed by atoms with E-state index in [1.807, 2.05) is 0 Å². The van der Waals surface area contributed by atoms with Crippen molar-refractivity contribution in [2.45, 2.75) is 37.4 Å². The first-order chi connectivity index (χ1) is 5.89. The summed E-state index contributed by atoms with van der Waals surface area (Å²) in [5.74, 6) is 0.731. The van der Waals surface area contributed by atoms with Gasteiger partial charge in [0.05, 0.1) is 18.3 Å². The third kappa shape index (κ3) is 0.882. The summed E-state index contributed by atoms with van der Waals surface area (Å²) in [5.41, 5.74) is 0.112. The van der Waals surface area contributed by atoms with Gasteiger partial charge < -0.3 is 9.47 Å². The summed E-state index contributed by atoms with van der Waals surface area (Å²) < 4.78 is 11.6. The molecule has 67 valence electrons. The highest BCUT2D eigenvalue weighted by Crippen LogP contribution is 2.48. The van der Waals surface area contributed by atoms with Crippen molar-refractivity contribution in [3.05, 3.63) is 6.42 Å². The largest absolute Gasteiger partial charge is 0.375 e. The number of fused-ring (bicyclic) bond motifs is 2. The highest BCUT2D eigenvalue weighted by atomic mass is 16.6. The maximum Gasteiger partial charge on any atom is 0.0949 e. The molecule has 0 N–H and O–H groups in total. The van der Waals surface area contributed by atoms with Gasteiger partial charge in [-0.25, -0.2) is 0 Å². The molecule has 3 rings (SSSR count). The van der Waals surface area contributed by atoms with Gasteiger partial charge in [0, 0.05) is 6.61 Å². The molecule has 1 aliphatic carbocycles. The fourth-order valence-electron chi connectivity index (χ4n) is 2.84. The van der Waals surface area contributed by atoms with Crippen LogP contribution in [0.3, 0.4) is 0 Å². The predicted octanol–water partition coefficient (Wildman–Crippen LogP) is 1.55. The van der Waals surface area contributed by atoms with Gasteiger partial charge in [0.15, 0.2) is 0 Å². The summed E-state index contributed by atoms with van der Waals surface area (Å²) in [4.78, 5) is 0. The summed E-state index contributed by atoms with van der Waals surface area (Å²) in [6.07, 6.45) is 7.60. The molecule has 3 atom stereocenters. The number of rotatable bonds is 1. The Morgan fingerprint density at radius 1 is 1.42 bits per heavy atom. The molecule has 2 saturated heterocycles. The first-order valence-electron chi connectivity index (χ1n) is 4.98. The van der Waals surface area contributed by atoms with Crippen LogP contribution >= 0.6 is 0 Å². The lowest BCUT2D eigenvalue weighted by Gasteiger charge is -2.32. The highest BCUT2D eigenvalue weighted by Gasteiger charge is 2.52. The Labute approximate surface area is 73.2 Å². The highest BCUT2D eigenvalue weighted by molar-refractivity contribution is 5.09. The van der Waals surface area contributed by atoms with Crippen LogP contribution in [0.15, 0.2) is 0 Å². The van der Waals surface area contributed by atoms with E-state index in [-0.39, 0.29) is 5.60 Å². The summed E-state index contributed by atoms with van der Waals surface area (Å²) in [6, 6.07) is 0. The van der Waals surface area contributed by atoms with Crippen molar-refractivity contribution < 1.29 is 9.47 Å². The molecule has 3 unspecified atom stereocenters. The zero-order valence-electron chi connectivity index (χ0n) is 7.29. The lowest BCUT2D eigenvalue weighted by molar-refractivity contribution is -0.101. The van der Waals surface area contributed by atoms with Crippen LogP contribution in [-0.4, -0.2) is 24.9 Å². The molecule has 2 nitrogen and oxygen atoms in total. The molecule has 2 heteroatoms. The van der Waals surface area contributed by atoms with Gasteiger partial charge in [0.2, 0.25) is 0 Å². The van der Waals surface area contributed by atoms with Crippen LogP contribution in [0, 0.1) is 12.3 Å². The lowest BCUT2D eigenvalue weighted by atomic mass is 9.93. The van der Waals surface area contributed by atoms with E-state index >= 15 is 0 Å². The van der Waals surface area contributed by atoms with Crippen molar-refractivity contribution in [1.82, 2.24) is 0 Å². The maximum atomic E-state index is 5.87. The van der Waals surface area contributed by atoms with Crippen LogP contribution in [0.25, 0.3) is 0 Å². The second-order valence-corrected chi connectivity index (χ2v) is 4.28. The molecule has 0 aromatic rings. The normalized spacial score (nSPS) is 52.0. The molecule has 2 aliphatic heterocycles. The summed E-state index contributed by atoms with van der Waals surface area (Å²) in [6.45, 7) is 1.89. The molecule has 1 saturated carbocycles. The molecule has 12 heavy (non-hydrogen) atoms. The number of ether oxygens (including phenoxy) is 2. The molecule has 0 spiro atoms. The molecule has 0 aromatic carbocycles. The molecular formula is C10H15O2. The molecular weight excluding hydrogens is 152 g/mol. The third-order valence-corrected chi connectivity index (χ3v) is 3.51. The molecule has 3 fully saturated rings. The summed E-state index contributed by atoms with van der Waals surface area (Å²) >= 11 is 0. The fraction of sp³-hybridized carbons (Fsp3) is 0.900. The van der Waals surface area contributed by atoms with Gasteiger partial charge in [-0.1, -0.05) is 0 Å². The second-order valence-electron chi connectivity index (χ2n) is 4.28. The van der Waals surface area contributed by atoms with Crippen molar-refractivity contribution >= 4 is 0 Å². The van der Waals surface area contributed by atoms with Crippen LogP contribution in [-0.2, 0) is 9.47 Å². The van der Waals surface area contributed by atoms with E-state index in [9.17, 15) is 0 Å². The van der Waals surface area contributed by atoms with Crippen LogP contribution in [0.5, 0.6) is 0 Å². The lowest BCUT2D eigenvalue weighted by Crippen LogP contribution is -2.40. The van der Waals surface area contributed by atoms with Crippen molar-refractivity contribution in [2.24, 2.45) is 5.92 Å². The van der Waals surface area contributed by atoms with Crippen molar-refractivity contribution in [2.75, 3.05) is 13.2 Å². The van der Waals surface area contributed by atoms with E-state index in [4.69, 9.17) is 9.47 Å².